The van der Waals surface area contributed by atoms with E-state index >= 15 is 0 Å². The first-order valence-electron chi connectivity index (χ1n) is 14.3. The summed E-state index contributed by atoms with van der Waals surface area (Å²) in [6.45, 7) is 9.42. The zero-order chi connectivity index (χ0) is 33.0. The van der Waals surface area contributed by atoms with Crippen molar-refractivity contribution in [3.63, 3.8) is 0 Å². The van der Waals surface area contributed by atoms with Crippen LogP contribution in [0.5, 0.6) is 11.5 Å². The summed E-state index contributed by atoms with van der Waals surface area (Å²) in [4.78, 5) is 41.2. The first kappa shape index (κ1) is 35.6. The van der Waals surface area contributed by atoms with Crippen LogP contribution in [0.15, 0.2) is 36.4 Å². The molecule has 3 atom stereocenters. The van der Waals surface area contributed by atoms with E-state index in [0.29, 0.717) is 17.0 Å². The maximum Gasteiger partial charge on any atom is 0.498 e. The molecule has 0 aromatic heterocycles. The zero-order valence-electron chi connectivity index (χ0n) is 27.1. The van der Waals surface area contributed by atoms with E-state index in [1.54, 1.807) is 58.3 Å². The molecule has 1 aliphatic heterocycles. The lowest BCUT2D eigenvalue weighted by Crippen LogP contribution is -2.52. The quantitative estimate of drug-likeness (QED) is 0.193. The number of halogens is 1. The molecule has 44 heavy (non-hydrogen) atoms. The minimum absolute atomic E-state index is 0.125. The maximum atomic E-state index is 13.4. The number of esters is 1. The topological polar surface area (TPSA) is 125 Å². The summed E-state index contributed by atoms with van der Waals surface area (Å²) in [6.07, 6.45) is 0.125. The fourth-order valence-electron chi connectivity index (χ4n) is 4.83. The smallest absolute Gasteiger partial charge is 0.497 e. The van der Waals surface area contributed by atoms with Gasteiger partial charge in [0, 0.05) is 11.9 Å². The predicted molar refractivity (Wildman–Crippen MR) is 176 cm³/mol. The van der Waals surface area contributed by atoms with Gasteiger partial charge in [0.2, 0.25) is 11.8 Å². The number of hydrogen-bond donors (Lipinski definition) is 2. The van der Waals surface area contributed by atoms with Gasteiger partial charge in [-0.3, -0.25) is 14.5 Å². The largest absolute Gasteiger partial charge is 0.498 e. The Morgan fingerprint density at radius 3 is 2.02 bits per heavy atom. The third kappa shape index (κ3) is 8.04. The van der Waals surface area contributed by atoms with Crippen LogP contribution >= 0.6 is 22.6 Å². The molecule has 0 aliphatic carbocycles. The number of benzene rings is 2. The van der Waals surface area contributed by atoms with Gasteiger partial charge < -0.3 is 34.2 Å². The molecular weight excluding hydrogens is 680 g/mol. The van der Waals surface area contributed by atoms with Crippen molar-refractivity contribution in [2.75, 3.05) is 35.4 Å². The van der Waals surface area contributed by atoms with E-state index in [1.807, 2.05) is 45.9 Å². The van der Waals surface area contributed by atoms with Gasteiger partial charge in [-0.25, -0.2) is 4.79 Å². The van der Waals surface area contributed by atoms with E-state index in [2.05, 4.69) is 33.2 Å². The molecule has 240 valence electrons. The minimum atomic E-state index is -1.01. The predicted octanol–water partition coefficient (Wildman–Crippen LogP) is 2.62. The molecule has 0 spiro atoms. The molecule has 1 saturated heterocycles. The molecule has 0 unspecified atom stereocenters. The van der Waals surface area contributed by atoms with Crippen LogP contribution < -0.4 is 25.6 Å². The Morgan fingerprint density at radius 2 is 1.50 bits per heavy atom. The number of methoxy groups -OCH3 is 3. The van der Waals surface area contributed by atoms with Crippen LogP contribution in [0.2, 0.25) is 0 Å². The molecule has 2 N–H and O–H groups in total. The van der Waals surface area contributed by atoms with Crippen molar-refractivity contribution < 1.29 is 37.9 Å². The number of nitrogens with one attached hydrogen (secondary N) is 2. The third-order valence-electron chi connectivity index (χ3n) is 8.05. The normalized spacial score (nSPS) is 17.4. The van der Waals surface area contributed by atoms with Crippen molar-refractivity contribution in [2.24, 2.45) is 0 Å². The second kappa shape index (κ2) is 14.5. The molecule has 1 aliphatic rings. The van der Waals surface area contributed by atoms with Gasteiger partial charge in [0.1, 0.15) is 29.6 Å². The summed E-state index contributed by atoms with van der Waals surface area (Å²) < 4.78 is 29.2. The van der Waals surface area contributed by atoms with E-state index in [0.717, 1.165) is 14.7 Å². The van der Waals surface area contributed by atoms with Crippen molar-refractivity contribution in [1.29, 1.82) is 0 Å². The molecule has 0 bridgehead atoms. The number of nitrogens with zero attached hydrogens (tertiary/aromatic N) is 1. The van der Waals surface area contributed by atoms with Crippen molar-refractivity contribution in [3.05, 3.63) is 51.1 Å². The number of hydrogen-bond acceptors (Lipinski definition) is 9. The van der Waals surface area contributed by atoms with Gasteiger partial charge in [0.15, 0.2) is 0 Å². The number of rotatable bonds is 12. The first-order chi connectivity index (χ1) is 20.5. The minimum Gasteiger partial charge on any atom is -0.497 e. The van der Waals surface area contributed by atoms with Crippen LogP contribution in [0.25, 0.3) is 0 Å². The summed E-state index contributed by atoms with van der Waals surface area (Å²) >= 11 is 2.15. The molecule has 11 nitrogen and oxygen atoms in total. The monoisotopic (exact) mass is 723 g/mol. The second-order valence-electron chi connectivity index (χ2n) is 11.9. The van der Waals surface area contributed by atoms with Gasteiger partial charge in [-0.2, -0.15) is 0 Å². The van der Waals surface area contributed by atoms with Crippen molar-refractivity contribution >= 4 is 53.0 Å². The van der Waals surface area contributed by atoms with Crippen LogP contribution in [-0.4, -0.2) is 88.5 Å². The second-order valence-corrected chi connectivity index (χ2v) is 13.1. The molecule has 0 saturated carbocycles. The Labute approximate surface area is 273 Å². The summed E-state index contributed by atoms with van der Waals surface area (Å²) in [5.74, 6) is -0.243. The van der Waals surface area contributed by atoms with E-state index in [1.165, 1.54) is 7.11 Å². The van der Waals surface area contributed by atoms with Gasteiger partial charge in [-0.05, 0) is 101 Å². The molecule has 1 fully saturated rings. The van der Waals surface area contributed by atoms with Crippen LogP contribution in [0.1, 0.15) is 51.8 Å². The fourth-order valence-corrected chi connectivity index (χ4v) is 5.59. The number of ether oxygens (including phenoxy) is 3. The molecule has 2 amide bonds. The van der Waals surface area contributed by atoms with Crippen LogP contribution in [0.4, 0.5) is 0 Å². The highest BCUT2D eigenvalue weighted by Gasteiger charge is 2.52. The third-order valence-corrected chi connectivity index (χ3v) is 8.89. The number of carbonyl (C=O) groups is 3. The molecule has 2 aromatic rings. The van der Waals surface area contributed by atoms with E-state index in [4.69, 9.17) is 23.5 Å². The molecule has 3 rings (SSSR count). The van der Waals surface area contributed by atoms with Gasteiger partial charge in [-0.1, -0.05) is 18.2 Å². The van der Waals surface area contributed by atoms with Gasteiger partial charge in [0.25, 0.3) is 0 Å². The lowest BCUT2D eigenvalue weighted by Gasteiger charge is -2.32. The average Bonchev–Trinajstić information content (AvgIpc) is 3.18. The van der Waals surface area contributed by atoms with Gasteiger partial charge >= 0.3 is 13.1 Å². The SMILES string of the molecule is COC(=O)[C@H](Cc1ccc(OC)c(B2OC(C)(C)C(C)(C)O2)c1)NC(=O)[C@H](C)NC(=O)[C@H](c1ccc(OC)c(I)c1)N(C)C. The van der Waals surface area contributed by atoms with E-state index < -0.39 is 48.3 Å². The number of amides is 2. The molecular formula is C31H43BIN3O8. The molecule has 0 radical (unpaired) electrons. The summed E-state index contributed by atoms with van der Waals surface area (Å²) in [5, 5.41) is 5.53. The number of carbonyl (C=O) groups excluding carboxylic acids is 3. The van der Waals surface area contributed by atoms with Crippen molar-refractivity contribution in [3.8, 4) is 11.5 Å². The fraction of sp³-hybridized carbons (Fsp3) is 0.516. The highest BCUT2D eigenvalue weighted by Crippen LogP contribution is 2.37. The van der Waals surface area contributed by atoms with E-state index in [-0.39, 0.29) is 12.3 Å². The Kier molecular flexibility index (Phi) is 11.7. The molecule has 2 aromatic carbocycles. The first-order valence-corrected chi connectivity index (χ1v) is 15.3. The summed E-state index contributed by atoms with van der Waals surface area (Å²) in [7, 11) is 7.29. The summed E-state index contributed by atoms with van der Waals surface area (Å²) in [5.41, 5.74) is 1.03. The molecule has 13 heteroatoms. The Morgan fingerprint density at radius 1 is 0.909 bits per heavy atom. The lowest BCUT2D eigenvalue weighted by molar-refractivity contribution is -0.145. The Balaban J connectivity index is 1.76. The standard InChI is InChI=1S/C31H43BIN3O8/c1-18(34-28(38)26(36(6)7)20-12-14-25(41-9)22(33)17-20)27(37)35-23(29(39)42-10)16-19-11-13-24(40-8)21(15-19)32-43-30(2,3)31(4,5)44-32/h11-15,17-18,23,26H,16H2,1-10H3,(H,34,38)(H,35,37)/t18-,23-,26-/m0/s1. The molecule has 1 heterocycles. The van der Waals surface area contributed by atoms with Crippen LogP contribution in [-0.2, 0) is 34.9 Å². The van der Waals surface area contributed by atoms with Crippen LogP contribution in [0, 0.1) is 3.57 Å². The summed E-state index contributed by atoms with van der Waals surface area (Å²) in [6, 6.07) is 8.29. The maximum absolute atomic E-state index is 13.4. The average molecular weight is 723 g/mol. The Bertz CT molecular complexity index is 1350. The highest BCUT2D eigenvalue weighted by atomic mass is 127. The zero-order valence-corrected chi connectivity index (χ0v) is 29.2. The van der Waals surface area contributed by atoms with Crippen molar-refractivity contribution in [2.45, 2.75) is 70.4 Å². The van der Waals surface area contributed by atoms with Crippen molar-refractivity contribution in [1.82, 2.24) is 15.5 Å². The van der Waals surface area contributed by atoms with E-state index in [9.17, 15) is 14.4 Å². The highest BCUT2D eigenvalue weighted by molar-refractivity contribution is 14.1. The lowest BCUT2D eigenvalue weighted by atomic mass is 9.77. The number of likely N-dealkylation sites (N-methyl/N-ethyl adjacent to an activating group) is 1. The van der Waals surface area contributed by atoms with Gasteiger partial charge in [0.05, 0.1) is 36.1 Å². The Hall–Kier alpha value is -2.88. The van der Waals surface area contributed by atoms with Gasteiger partial charge in [-0.15, -0.1) is 0 Å². The van der Waals surface area contributed by atoms with Crippen LogP contribution in [0.3, 0.4) is 0 Å².